The van der Waals surface area contributed by atoms with E-state index in [1.165, 1.54) is 13.8 Å². The quantitative estimate of drug-likeness (QED) is 0.418. The topological polar surface area (TPSA) is 154 Å². The molecule has 0 aliphatic rings. The number of amides is 3. The molecule has 0 aromatic rings. The van der Waals surface area contributed by atoms with E-state index in [9.17, 15) is 19.2 Å². The Labute approximate surface area is 135 Å². The van der Waals surface area contributed by atoms with Crippen LogP contribution in [0, 0.1) is 0 Å². The monoisotopic (exact) mass is 330 g/mol. The number of primary amides is 1. The van der Waals surface area contributed by atoms with Gasteiger partial charge in [-0.05, 0) is 34.6 Å². The molecular weight excluding hydrogens is 304 g/mol. The first-order valence-electron chi connectivity index (χ1n) is 7.21. The van der Waals surface area contributed by atoms with Gasteiger partial charge in [0.25, 0.3) is 0 Å². The maximum absolute atomic E-state index is 12.0. The maximum atomic E-state index is 12.0. The van der Waals surface area contributed by atoms with E-state index in [1.807, 2.05) is 0 Å². The molecule has 3 amide bonds. The zero-order chi connectivity index (χ0) is 18.4. The third kappa shape index (κ3) is 8.77. The van der Waals surface area contributed by atoms with Crippen molar-refractivity contribution in [3.63, 3.8) is 0 Å². The minimum atomic E-state index is -1.23. The summed E-state index contributed by atoms with van der Waals surface area (Å²) in [6.45, 7) is 7.85. The summed E-state index contributed by atoms with van der Waals surface area (Å²) in [6, 6.07) is -2.95. The SMILES string of the molecule is C[C@@H](N)C(=O)N[C@H](C)C(=O)N[C@@H](CC(N)=O)C(=O)OC(C)(C)C. The van der Waals surface area contributed by atoms with Crippen molar-refractivity contribution in [2.75, 3.05) is 0 Å². The lowest BCUT2D eigenvalue weighted by Gasteiger charge is -2.25. The first-order valence-corrected chi connectivity index (χ1v) is 7.21. The molecule has 9 nitrogen and oxygen atoms in total. The highest BCUT2D eigenvalue weighted by Crippen LogP contribution is 2.10. The standard InChI is InChI=1S/C14H26N4O5/c1-7(15)11(20)17-8(2)12(21)18-9(6-10(16)19)13(22)23-14(3,4)5/h7-9H,6,15H2,1-5H3,(H2,16,19)(H,17,20)(H,18,21)/t7-,8-,9+/m1/s1. The van der Waals surface area contributed by atoms with Gasteiger partial charge < -0.3 is 26.8 Å². The van der Waals surface area contributed by atoms with E-state index in [1.54, 1.807) is 20.8 Å². The van der Waals surface area contributed by atoms with Crippen LogP contribution in [0.5, 0.6) is 0 Å². The van der Waals surface area contributed by atoms with E-state index in [0.29, 0.717) is 0 Å². The molecule has 0 rings (SSSR count). The molecule has 0 heterocycles. The number of hydrogen-bond donors (Lipinski definition) is 4. The third-order valence-electron chi connectivity index (χ3n) is 2.58. The summed E-state index contributed by atoms with van der Waals surface area (Å²) in [6.07, 6.45) is -0.408. The van der Waals surface area contributed by atoms with E-state index >= 15 is 0 Å². The second kappa shape index (κ2) is 8.47. The van der Waals surface area contributed by atoms with Crippen LogP contribution in [0.15, 0.2) is 0 Å². The predicted molar refractivity (Wildman–Crippen MR) is 82.8 cm³/mol. The van der Waals surface area contributed by atoms with Crippen molar-refractivity contribution in [1.29, 1.82) is 0 Å². The number of rotatable bonds is 7. The van der Waals surface area contributed by atoms with E-state index in [0.717, 1.165) is 0 Å². The number of nitrogens with two attached hydrogens (primary N) is 2. The van der Waals surface area contributed by atoms with E-state index in [4.69, 9.17) is 16.2 Å². The average molecular weight is 330 g/mol. The molecule has 0 unspecified atom stereocenters. The van der Waals surface area contributed by atoms with E-state index in [-0.39, 0.29) is 0 Å². The maximum Gasteiger partial charge on any atom is 0.329 e. The molecule has 0 saturated carbocycles. The Morgan fingerprint density at radius 1 is 1.04 bits per heavy atom. The van der Waals surface area contributed by atoms with Crippen LogP contribution in [0.1, 0.15) is 41.0 Å². The molecule has 132 valence electrons. The largest absolute Gasteiger partial charge is 0.458 e. The van der Waals surface area contributed by atoms with Crippen molar-refractivity contribution in [2.24, 2.45) is 11.5 Å². The summed E-state index contributed by atoms with van der Waals surface area (Å²) in [5.74, 6) is -2.73. The Morgan fingerprint density at radius 2 is 1.57 bits per heavy atom. The zero-order valence-electron chi connectivity index (χ0n) is 14.1. The lowest BCUT2D eigenvalue weighted by molar-refractivity contribution is -0.159. The second-order valence-corrected chi connectivity index (χ2v) is 6.28. The molecule has 0 fully saturated rings. The van der Waals surface area contributed by atoms with Gasteiger partial charge in [-0.15, -0.1) is 0 Å². The normalized spacial score (nSPS) is 15.0. The smallest absolute Gasteiger partial charge is 0.329 e. The fraction of sp³-hybridized carbons (Fsp3) is 0.714. The Morgan fingerprint density at radius 3 is 1.96 bits per heavy atom. The fourth-order valence-electron chi connectivity index (χ4n) is 1.47. The summed E-state index contributed by atoms with van der Waals surface area (Å²) in [5.41, 5.74) is 9.69. The van der Waals surface area contributed by atoms with Crippen LogP contribution in [0.2, 0.25) is 0 Å². The molecule has 0 aromatic heterocycles. The summed E-state index contributed by atoms with van der Waals surface area (Å²) in [7, 11) is 0. The average Bonchev–Trinajstić information content (AvgIpc) is 2.34. The fourth-order valence-corrected chi connectivity index (χ4v) is 1.47. The van der Waals surface area contributed by atoms with Crippen LogP contribution in [0.4, 0.5) is 0 Å². The molecule has 0 spiro atoms. The number of hydrogen-bond acceptors (Lipinski definition) is 6. The molecule has 9 heteroatoms. The summed E-state index contributed by atoms with van der Waals surface area (Å²) in [4.78, 5) is 46.6. The summed E-state index contributed by atoms with van der Waals surface area (Å²) < 4.78 is 5.13. The first-order chi connectivity index (χ1) is 10.3. The van der Waals surface area contributed by atoms with Crippen LogP contribution in [0.25, 0.3) is 0 Å². The van der Waals surface area contributed by atoms with Gasteiger partial charge in [0, 0.05) is 0 Å². The molecule has 0 radical (unpaired) electrons. The molecular formula is C14H26N4O5. The van der Waals surface area contributed by atoms with E-state index in [2.05, 4.69) is 10.6 Å². The van der Waals surface area contributed by atoms with Crippen molar-refractivity contribution >= 4 is 23.7 Å². The van der Waals surface area contributed by atoms with Gasteiger partial charge in [0.1, 0.15) is 17.7 Å². The van der Waals surface area contributed by atoms with Crippen LogP contribution in [0.3, 0.4) is 0 Å². The third-order valence-corrected chi connectivity index (χ3v) is 2.58. The van der Waals surface area contributed by atoms with Gasteiger partial charge in [-0.25, -0.2) is 4.79 Å². The molecule has 0 bridgehead atoms. The Bertz CT molecular complexity index is 470. The van der Waals surface area contributed by atoms with Crippen molar-refractivity contribution in [3.8, 4) is 0 Å². The molecule has 0 aliphatic heterocycles. The molecule has 0 saturated heterocycles. The Balaban J connectivity index is 4.88. The number of esters is 1. The predicted octanol–water partition coefficient (Wildman–Crippen LogP) is -1.46. The van der Waals surface area contributed by atoms with Gasteiger partial charge in [0.15, 0.2) is 0 Å². The van der Waals surface area contributed by atoms with Crippen LogP contribution in [-0.4, -0.2) is 47.4 Å². The first kappa shape index (κ1) is 20.8. The summed E-state index contributed by atoms with van der Waals surface area (Å²) >= 11 is 0. The molecule has 23 heavy (non-hydrogen) atoms. The minimum Gasteiger partial charge on any atom is -0.458 e. The van der Waals surface area contributed by atoms with Crippen molar-refractivity contribution in [1.82, 2.24) is 10.6 Å². The van der Waals surface area contributed by atoms with Gasteiger partial charge >= 0.3 is 5.97 Å². The second-order valence-electron chi connectivity index (χ2n) is 6.28. The Hall–Kier alpha value is -2.16. The summed E-state index contributed by atoms with van der Waals surface area (Å²) in [5, 5.41) is 4.73. The van der Waals surface area contributed by atoms with Crippen LogP contribution >= 0.6 is 0 Å². The van der Waals surface area contributed by atoms with E-state index < -0.39 is 53.8 Å². The lowest BCUT2D eigenvalue weighted by atomic mass is 10.1. The van der Waals surface area contributed by atoms with Gasteiger partial charge in [-0.3, -0.25) is 14.4 Å². The molecule has 3 atom stereocenters. The Kier molecular flexibility index (Phi) is 7.67. The van der Waals surface area contributed by atoms with Gasteiger partial charge in [-0.2, -0.15) is 0 Å². The highest BCUT2D eigenvalue weighted by molar-refractivity contribution is 5.93. The van der Waals surface area contributed by atoms with Crippen molar-refractivity contribution < 1.29 is 23.9 Å². The highest BCUT2D eigenvalue weighted by Gasteiger charge is 2.30. The lowest BCUT2D eigenvalue weighted by Crippen LogP contribution is -2.54. The van der Waals surface area contributed by atoms with Crippen molar-refractivity contribution in [2.45, 2.75) is 64.8 Å². The number of ether oxygens (including phenoxy) is 1. The molecule has 0 aromatic carbocycles. The van der Waals surface area contributed by atoms with Gasteiger partial charge in [0.05, 0.1) is 12.5 Å². The van der Waals surface area contributed by atoms with Crippen LogP contribution < -0.4 is 22.1 Å². The molecule has 0 aliphatic carbocycles. The van der Waals surface area contributed by atoms with Gasteiger partial charge in [-0.1, -0.05) is 0 Å². The van der Waals surface area contributed by atoms with Crippen molar-refractivity contribution in [3.05, 3.63) is 0 Å². The number of nitrogens with one attached hydrogen (secondary N) is 2. The van der Waals surface area contributed by atoms with Crippen LogP contribution in [-0.2, 0) is 23.9 Å². The van der Waals surface area contributed by atoms with Gasteiger partial charge in [0.2, 0.25) is 17.7 Å². The zero-order valence-corrected chi connectivity index (χ0v) is 14.1. The number of carbonyl (C=O) groups excluding carboxylic acids is 4. The highest BCUT2D eigenvalue weighted by atomic mass is 16.6. The molecule has 6 N–H and O–H groups in total. The minimum absolute atomic E-state index is 0.408. The number of carbonyl (C=O) groups is 4.